The van der Waals surface area contributed by atoms with Gasteiger partial charge in [-0.3, -0.25) is 0 Å². The van der Waals surface area contributed by atoms with Crippen LogP contribution < -0.4 is 0 Å². The average Bonchev–Trinajstić information content (AvgIpc) is 0. The van der Waals surface area contributed by atoms with E-state index in [0.29, 0.717) is 0 Å². The van der Waals surface area contributed by atoms with Gasteiger partial charge in [0.2, 0.25) is 0 Å². The zero-order valence-corrected chi connectivity index (χ0v) is 8.52. The van der Waals surface area contributed by atoms with Gasteiger partial charge in [0.15, 0.2) is 17.4 Å². The van der Waals surface area contributed by atoms with E-state index in [1.165, 1.54) is 0 Å². The number of hydrogen-bond acceptors (Lipinski definition) is 0. The first-order valence-corrected chi connectivity index (χ1v) is 0. The maximum atomic E-state index is 0. The third-order valence-corrected chi connectivity index (χ3v) is 0. The van der Waals surface area contributed by atoms with Gasteiger partial charge in [-0.15, -0.1) is 0 Å². The van der Waals surface area contributed by atoms with E-state index in [0.717, 1.165) is 0 Å². The van der Waals surface area contributed by atoms with Crippen molar-refractivity contribution >= 4 is 41.8 Å². The molecule has 0 rings (SSSR count). The molecule has 0 unspecified atom stereocenters. The summed E-state index contributed by atoms with van der Waals surface area (Å²) in [6.45, 7) is 0. The summed E-state index contributed by atoms with van der Waals surface area (Å²) in [7, 11) is 0. The monoisotopic (exact) mass is 409 g/mol. The molecule has 0 saturated carbocycles. The van der Waals surface area contributed by atoms with E-state index in [1.807, 2.05) is 0 Å². The zero-order chi connectivity index (χ0) is 0. The maximum absolute atomic E-state index is 0. The van der Waals surface area contributed by atoms with Crippen LogP contribution in [0, 0.1) is 0 Å². The summed E-state index contributed by atoms with van der Waals surface area (Å²) in [6, 6.07) is 0. The minimum atomic E-state index is 0. The van der Waals surface area contributed by atoms with Crippen molar-refractivity contribution in [3.8, 4) is 0 Å². The summed E-state index contributed by atoms with van der Waals surface area (Å²) in [5, 5.41) is 0. The number of hydrogen-bond donors (Lipinski definition) is 0. The molecule has 0 spiro atoms. The molecule has 0 aliphatic heterocycles. The predicted molar refractivity (Wildman–Crippen MR) is 19.9 cm³/mol. The van der Waals surface area contributed by atoms with Gasteiger partial charge >= 0.3 is 24.4 Å². The molecule has 0 heterocycles. The van der Waals surface area contributed by atoms with E-state index < -0.39 is 0 Å². The summed E-state index contributed by atoms with van der Waals surface area (Å²) in [5.41, 5.74) is 0. The van der Waals surface area contributed by atoms with Gasteiger partial charge in [0.1, 0.15) is 0 Å². The Bertz CT molecular complexity index is 8.00. The van der Waals surface area contributed by atoms with Gasteiger partial charge in [0, 0.05) is 38.9 Å². The summed E-state index contributed by atoms with van der Waals surface area (Å²) in [6.07, 6.45) is 0. The Morgan fingerprint density at radius 2 is 1.00 bits per heavy atom. The molecule has 0 atom stereocenters. The van der Waals surface area contributed by atoms with Crippen LogP contribution in [0.4, 0.5) is 0 Å². The molecule has 4 heavy (non-hydrogen) atoms. The average molecular weight is 410 g/mol. The first-order valence-electron chi connectivity index (χ1n) is 0. The zero-order valence-electron chi connectivity index (χ0n) is 1.32. The molecule has 0 amide bonds. The number of rotatable bonds is 0. The van der Waals surface area contributed by atoms with Crippen molar-refractivity contribution in [2.45, 2.75) is 0 Å². The van der Waals surface area contributed by atoms with E-state index in [1.54, 1.807) is 0 Å². The first-order chi connectivity index (χ1) is 0. The van der Waals surface area contributed by atoms with E-state index >= 15 is 0 Å². The van der Waals surface area contributed by atoms with Crippen LogP contribution in [-0.2, 0) is 38.9 Å². The van der Waals surface area contributed by atoms with Crippen LogP contribution in [0.3, 0.4) is 0 Å². The Morgan fingerprint density at radius 1 is 1.00 bits per heavy atom. The molecule has 0 nitrogen and oxygen atoms in total. The predicted octanol–water partition coefficient (Wildman–Crippen LogP) is -2.37. The Kier molecular flexibility index (Phi) is 135. The van der Waals surface area contributed by atoms with Gasteiger partial charge in [-0.2, -0.15) is 0 Å². The van der Waals surface area contributed by atoms with Crippen LogP contribution in [0.25, 0.3) is 0 Å². The van der Waals surface area contributed by atoms with Crippen molar-refractivity contribution in [2.24, 2.45) is 0 Å². The van der Waals surface area contributed by atoms with Gasteiger partial charge in [0.25, 0.3) is 0 Å². The second-order valence-corrected chi connectivity index (χ2v) is 0. The molecule has 0 bridgehead atoms. The molecule has 0 aromatic rings. The molecule has 0 aliphatic rings. The van der Waals surface area contributed by atoms with E-state index in [2.05, 4.69) is 0 Å². The van der Waals surface area contributed by atoms with Gasteiger partial charge in [-0.25, -0.2) is 0 Å². The normalized spacial score (nSPS) is 0. The van der Waals surface area contributed by atoms with Gasteiger partial charge in [0.05, 0.1) is 0 Å². The molecule has 0 aliphatic carbocycles. The fourth-order valence-electron chi connectivity index (χ4n) is 0. The van der Waals surface area contributed by atoms with Crippen LogP contribution in [0.15, 0.2) is 0 Å². The molecule has 0 N–H and O–H groups in total. The molecule has 0 saturated heterocycles. The van der Waals surface area contributed by atoms with Crippen molar-refractivity contribution in [1.29, 1.82) is 0 Å². The molecule has 0 aromatic heterocycles. The molecule has 35 valence electrons. The van der Waals surface area contributed by atoms with Gasteiger partial charge in [-0.1, -0.05) is 0 Å². The van der Waals surface area contributed by atoms with Crippen molar-refractivity contribution < 1.29 is 38.9 Å². The molecule has 0 fully saturated rings. The first kappa shape index (κ1) is 30.7. The molecular weight excluding hydrogens is 404 g/mol. The quantitative estimate of drug-likeness (QED) is 0.392. The SMILES string of the molecule is [AlH3].[Au].[Ni].[SbH3]. The Morgan fingerprint density at radius 3 is 1.00 bits per heavy atom. The van der Waals surface area contributed by atoms with Crippen LogP contribution in [0.2, 0.25) is 0 Å². The molecule has 1 radical (unpaired) electrons. The van der Waals surface area contributed by atoms with Crippen molar-refractivity contribution in [3.63, 3.8) is 0 Å². The summed E-state index contributed by atoms with van der Waals surface area (Å²) in [4.78, 5) is 0. The van der Waals surface area contributed by atoms with Crippen molar-refractivity contribution in [3.05, 3.63) is 0 Å². The fourth-order valence-corrected chi connectivity index (χ4v) is 0. The topological polar surface area (TPSA) is 0 Å². The third kappa shape index (κ3) is 8.82. The summed E-state index contributed by atoms with van der Waals surface area (Å²) < 4.78 is 0. The Balaban J connectivity index is 0. The minimum absolute atomic E-state index is 0. The summed E-state index contributed by atoms with van der Waals surface area (Å²) in [5.74, 6) is 0. The van der Waals surface area contributed by atoms with E-state index in [9.17, 15) is 0 Å². The van der Waals surface area contributed by atoms with Crippen LogP contribution in [0.5, 0.6) is 0 Å². The van der Waals surface area contributed by atoms with Crippen LogP contribution in [0.1, 0.15) is 0 Å². The third-order valence-electron chi connectivity index (χ3n) is 0. The van der Waals surface area contributed by atoms with Crippen LogP contribution in [-0.4, -0.2) is 41.8 Å². The molecule has 0 aromatic carbocycles. The van der Waals surface area contributed by atoms with Crippen LogP contribution >= 0.6 is 0 Å². The Hall–Kier alpha value is 2.58. The van der Waals surface area contributed by atoms with Gasteiger partial charge < -0.3 is 0 Å². The second-order valence-electron chi connectivity index (χ2n) is 0. The molecular formula is H6AlAuNiSb. The molecule has 4 heteroatoms. The Labute approximate surface area is 79.5 Å². The van der Waals surface area contributed by atoms with E-state index in [4.69, 9.17) is 0 Å². The van der Waals surface area contributed by atoms with E-state index in [-0.39, 0.29) is 80.7 Å². The summed E-state index contributed by atoms with van der Waals surface area (Å²) >= 11 is 0. The second kappa shape index (κ2) is 17.6. The van der Waals surface area contributed by atoms with Gasteiger partial charge in [-0.05, 0) is 0 Å². The van der Waals surface area contributed by atoms with Crippen molar-refractivity contribution in [1.82, 2.24) is 0 Å². The van der Waals surface area contributed by atoms with Crippen molar-refractivity contribution in [2.75, 3.05) is 0 Å². The fraction of sp³-hybridized carbons (Fsp3) is 0. The standard InChI is InChI=1S/Al.Au.Ni.Sb.6H.